The maximum absolute atomic E-state index is 10.9. The van der Waals surface area contributed by atoms with E-state index in [1.165, 1.54) is 22.3 Å². The van der Waals surface area contributed by atoms with Crippen LogP contribution in [0.25, 0.3) is 11.1 Å². The Morgan fingerprint density at radius 3 is 2.60 bits per heavy atom. The van der Waals surface area contributed by atoms with Gasteiger partial charge in [-0.15, -0.1) is 0 Å². The van der Waals surface area contributed by atoms with Crippen LogP contribution in [0.2, 0.25) is 0 Å². The second-order valence-electron chi connectivity index (χ2n) is 3.77. The fraction of sp³-hybridized carbons (Fsp3) is 0.0769. The van der Waals surface area contributed by atoms with Gasteiger partial charge in [-0.3, -0.25) is 0 Å². The molecule has 0 unspecified atom stereocenters. The number of benzene rings is 2. The van der Waals surface area contributed by atoms with E-state index in [1.54, 1.807) is 0 Å². The summed E-state index contributed by atoms with van der Waals surface area (Å²) in [7, 11) is 0. The molecule has 0 heterocycles. The van der Waals surface area contributed by atoms with Gasteiger partial charge in [-0.1, -0.05) is 0 Å². The Bertz CT molecular complexity index is 546. The number of hydrogen-bond acceptors (Lipinski definition) is 1. The van der Waals surface area contributed by atoms with E-state index in [0.717, 1.165) is 10.8 Å². The van der Waals surface area contributed by atoms with E-state index in [0.29, 0.717) is 0 Å². The van der Waals surface area contributed by atoms with Crippen molar-refractivity contribution in [2.24, 2.45) is 0 Å². The molecule has 0 N–H and O–H groups in total. The summed E-state index contributed by atoms with van der Waals surface area (Å²) >= 11 is -0.905. The average molecular weight is 256 g/mol. The van der Waals surface area contributed by atoms with Gasteiger partial charge in [0.25, 0.3) is 0 Å². The van der Waals surface area contributed by atoms with Gasteiger partial charge in [0.05, 0.1) is 0 Å². The zero-order chi connectivity index (χ0) is 10.3. The van der Waals surface area contributed by atoms with Crippen molar-refractivity contribution in [2.45, 2.75) is 6.42 Å². The molecule has 3 rings (SSSR count). The first kappa shape index (κ1) is 9.06. The van der Waals surface area contributed by atoms with E-state index >= 15 is 0 Å². The molecule has 0 atom stereocenters. The number of hydrogen-bond donors (Lipinski definition) is 0. The van der Waals surface area contributed by atoms with Crippen molar-refractivity contribution in [1.29, 1.82) is 0 Å². The zero-order valence-corrected chi connectivity index (χ0v) is 9.98. The van der Waals surface area contributed by atoms with Gasteiger partial charge in [0.1, 0.15) is 0 Å². The molecule has 0 saturated heterocycles. The Labute approximate surface area is 95.1 Å². The van der Waals surface area contributed by atoms with Crippen molar-refractivity contribution in [3.8, 4) is 11.1 Å². The molecule has 72 valence electrons. The minimum atomic E-state index is -0.905. The van der Waals surface area contributed by atoms with Gasteiger partial charge >= 0.3 is 94.9 Å². The molecule has 2 aromatic rings. The SMILES string of the molecule is O=[As]c1ccc2c(c1)-c1ccccc1C2. The molecule has 0 bridgehead atoms. The van der Waals surface area contributed by atoms with Crippen LogP contribution in [0.3, 0.4) is 0 Å². The summed E-state index contributed by atoms with van der Waals surface area (Å²) in [4.78, 5) is 0. The summed E-state index contributed by atoms with van der Waals surface area (Å²) in [5, 5.41) is 0. The van der Waals surface area contributed by atoms with Crippen molar-refractivity contribution in [3.05, 3.63) is 53.6 Å². The van der Waals surface area contributed by atoms with Crippen LogP contribution in [0.1, 0.15) is 11.1 Å². The molecule has 0 fully saturated rings. The molecule has 0 amide bonds. The van der Waals surface area contributed by atoms with E-state index in [9.17, 15) is 3.74 Å². The van der Waals surface area contributed by atoms with Gasteiger partial charge in [-0.05, 0) is 0 Å². The molecule has 0 radical (unpaired) electrons. The first-order chi connectivity index (χ1) is 7.38. The predicted octanol–water partition coefficient (Wildman–Crippen LogP) is 1.93. The Hall–Kier alpha value is -1.20. The summed E-state index contributed by atoms with van der Waals surface area (Å²) in [6, 6.07) is 14.6. The van der Waals surface area contributed by atoms with Crippen LogP contribution in [0.4, 0.5) is 0 Å². The van der Waals surface area contributed by atoms with E-state index in [2.05, 4.69) is 36.4 Å². The molecule has 1 nitrogen and oxygen atoms in total. The standard InChI is InChI=1S/C13H9AsO/c15-14-11-6-5-10-7-9-3-1-2-4-12(9)13(10)8-11/h1-6,8H,7H2. The van der Waals surface area contributed by atoms with Gasteiger partial charge in [0.15, 0.2) is 0 Å². The van der Waals surface area contributed by atoms with Gasteiger partial charge in [-0.2, -0.15) is 0 Å². The minimum absolute atomic E-state index is 0.905. The van der Waals surface area contributed by atoms with E-state index < -0.39 is 15.7 Å². The normalized spacial score (nSPS) is 12.5. The van der Waals surface area contributed by atoms with Crippen molar-refractivity contribution in [3.63, 3.8) is 0 Å². The molecule has 1 aliphatic rings. The fourth-order valence-electron chi connectivity index (χ4n) is 2.17. The van der Waals surface area contributed by atoms with Crippen LogP contribution in [-0.4, -0.2) is 15.7 Å². The first-order valence-corrected chi connectivity index (χ1v) is 6.63. The summed E-state index contributed by atoms with van der Waals surface area (Å²) in [6.45, 7) is 0. The van der Waals surface area contributed by atoms with Gasteiger partial charge in [-0.25, -0.2) is 0 Å². The molecular formula is C13H9AsO. The van der Waals surface area contributed by atoms with Crippen LogP contribution < -0.4 is 4.35 Å². The summed E-state index contributed by atoms with van der Waals surface area (Å²) < 4.78 is 11.9. The first-order valence-electron chi connectivity index (χ1n) is 4.93. The zero-order valence-electron chi connectivity index (χ0n) is 8.10. The third-order valence-corrected chi connectivity index (χ3v) is 3.91. The van der Waals surface area contributed by atoms with E-state index in [1.807, 2.05) is 6.07 Å². The quantitative estimate of drug-likeness (QED) is 0.608. The van der Waals surface area contributed by atoms with Crippen LogP contribution in [0.5, 0.6) is 0 Å². The Morgan fingerprint density at radius 2 is 1.73 bits per heavy atom. The predicted molar refractivity (Wildman–Crippen MR) is 60.8 cm³/mol. The van der Waals surface area contributed by atoms with E-state index in [4.69, 9.17) is 0 Å². The van der Waals surface area contributed by atoms with Crippen molar-refractivity contribution < 1.29 is 3.74 Å². The second kappa shape index (κ2) is 3.43. The number of fused-ring (bicyclic) bond motifs is 3. The molecule has 0 aliphatic heterocycles. The third-order valence-electron chi connectivity index (χ3n) is 2.89. The van der Waals surface area contributed by atoms with Crippen LogP contribution in [-0.2, 0) is 10.2 Å². The monoisotopic (exact) mass is 256 g/mol. The molecule has 15 heavy (non-hydrogen) atoms. The van der Waals surface area contributed by atoms with Crippen molar-refractivity contribution in [2.75, 3.05) is 0 Å². The fourth-order valence-corrected chi connectivity index (χ4v) is 2.83. The second-order valence-corrected chi connectivity index (χ2v) is 5.23. The summed E-state index contributed by atoms with van der Waals surface area (Å²) in [5.41, 5.74) is 5.32. The Kier molecular flexibility index (Phi) is 2.07. The molecule has 2 heteroatoms. The van der Waals surface area contributed by atoms with Gasteiger partial charge in [0, 0.05) is 0 Å². The van der Waals surface area contributed by atoms with Crippen LogP contribution in [0.15, 0.2) is 42.5 Å². The Balaban J connectivity index is 2.26. The molecule has 0 aromatic heterocycles. The Morgan fingerprint density at radius 1 is 0.933 bits per heavy atom. The molecular weight excluding hydrogens is 247 g/mol. The van der Waals surface area contributed by atoms with Crippen molar-refractivity contribution >= 4 is 20.0 Å². The summed E-state index contributed by atoms with van der Waals surface area (Å²) in [6.07, 6.45) is 1.02. The van der Waals surface area contributed by atoms with Crippen molar-refractivity contribution in [1.82, 2.24) is 0 Å². The maximum atomic E-state index is 10.9. The molecule has 2 aromatic carbocycles. The number of rotatable bonds is 1. The average Bonchev–Trinajstić information content (AvgIpc) is 2.66. The molecule has 0 saturated carbocycles. The van der Waals surface area contributed by atoms with Crippen LogP contribution >= 0.6 is 0 Å². The van der Waals surface area contributed by atoms with Gasteiger partial charge < -0.3 is 0 Å². The topological polar surface area (TPSA) is 17.1 Å². The van der Waals surface area contributed by atoms with E-state index in [-0.39, 0.29) is 0 Å². The van der Waals surface area contributed by atoms with Gasteiger partial charge in [0.2, 0.25) is 0 Å². The molecule has 1 aliphatic carbocycles. The van der Waals surface area contributed by atoms with Crippen LogP contribution in [0, 0.1) is 0 Å². The molecule has 0 spiro atoms. The summed E-state index contributed by atoms with van der Waals surface area (Å²) in [5.74, 6) is 0. The third kappa shape index (κ3) is 1.39.